The van der Waals surface area contributed by atoms with Crippen LogP contribution in [0.25, 0.3) is 0 Å². The molecule has 1 heterocycles. The van der Waals surface area contributed by atoms with Gasteiger partial charge >= 0.3 is 0 Å². The lowest BCUT2D eigenvalue weighted by Gasteiger charge is -2.38. The van der Waals surface area contributed by atoms with Crippen LogP contribution in [0.1, 0.15) is 44.0 Å². The molecule has 0 radical (unpaired) electrons. The highest BCUT2D eigenvalue weighted by Crippen LogP contribution is 2.24. The zero-order chi connectivity index (χ0) is 16.1. The van der Waals surface area contributed by atoms with E-state index in [9.17, 15) is 4.79 Å². The fourth-order valence-electron chi connectivity index (χ4n) is 2.89. The number of ether oxygens (including phenoxy) is 1. The highest BCUT2D eigenvalue weighted by molar-refractivity contribution is 5.94. The Hall–Kier alpha value is -1.55. The van der Waals surface area contributed by atoms with E-state index >= 15 is 0 Å². The van der Waals surface area contributed by atoms with Crippen molar-refractivity contribution in [2.24, 2.45) is 17.6 Å². The molecule has 122 valence electrons. The average molecular weight is 304 g/mol. The maximum Gasteiger partial charge on any atom is 0.254 e. The predicted molar refractivity (Wildman–Crippen MR) is 89.1 cm³/mol. The first-order chi connectivity index (χ1) is 10.5. The summed E-state index contributed by atoms with van der Waals surface area (Å²) in [5.74, 6) is 1.93. The van der Waals surface area contributed by atoms with E-state index in [1.54, 1.807) is 0 Å². The van der Waals surface area contributed by atoms with Gasteiger partial charge in [0.05, 0.1) is 6.61 Å². The molecule has 0 aromatic heterocycles. The van der Waals surface area contributed by atoms with E-state index in [0.29, 0.717) is 30.6 Å². The molecule has 1 aromatic carbocycles. The lowest BCUT2D eigenvalue weighted by atomic mass is 9.92. The summed E-state index contributed by atoms with van der Waals surface area (Å²) in [7, 11) is 0. The minimum absolute atomic E-state index is 0.0670. The molecule has 1 aliphatic rings. The Morgan fingerprint density at radius 3 is 2.91 bits per heavy atom. The van der Waals surface area contributed by atoms with Crippen LogP contribution in [0, 0.1) is 11.8 Å². The predicted octanol–water partition coefficient (Wildman–Crippen LogP) is 2.92. The monoisotopic (exact) mass is 304 g/mol. The average Bonchev–Trinajstić information content (AvgIpc) is 2.52. The number of carbonyl (C=O) groups is 1. The summed E-state index contributed by atoms with van der Waals surface area (Å²) in [6, 6.07) is 7.63. The van der Waals surface area contributed by atoms with Gasteiger partial charge in [-0.3, -0.25) is 4.79 Å². The summed E-state index contributed by atoms with van der Waals surface area (Å²) in [6.07, 6.45) is 2.04. The summed E-state index contributed by atoms with van der Waals surface area (Å²) in [5.41, 5.74) is 6.55. The second kappa shape index (κ2) is 7.63. The highest BCUT2D eigenvalue weighted by atomic mass is 16.5. The molecule has 0 bridgehead atoms. The van der Waals surface area contributed by atoms with Crippen LogP contribution in [0.2, 0.25) is 0 Å². The Morgan fingerprint density at radius 1 is 1.45 bits per heavy atom. The van der Waals surface area contributed by atoms with Crippen LogP contribution in [0.3, 0.4) is 0 Å². The molecule has 4 nitrogen and oxygen atoms in total. The van der Waals surface area contributed by atoms with E-state index in [4.69, 9.17) is 10.5 Å². The number of amides is 1. The molecule has 0 spiro atoms. The number of nitrogens with zero attached hydrogens (tertiary/aromatic N) is 1. The number of nitrogens with two attached hydrogens (primary N) is 1. The normalized spacial score (nSPS) is 22.0. The Labute approximate surface area is 133 Å². The smallest absolute Gasteiger partial charge is 0.254 e. The van der Waals surface area contributed by atoms with Gasteiger partial charge in [-0.25, -0.2) is 0 Å². The third-order valence-corrected chi connectivity index (χ3v) is 4.18. The van der Waals surface area contributed by atoms with Crippen LogP contribution < -0.4 is 10.5 Å². The number of piperidine rings is 1. The molecule has 2 N–H and O–H groups in total. The van der Waals surface area contributed by atoms with E-state index < -0.39 is 0 Å². The fraction of sp³-hybridized carbons (Fsp3) is 0.611. The maximum absolute atomic E-state index is 12.8. The van der Waals surface area contributed by atoms with Crippen LogP contribution in [0.15, 0.2) is 24.3 Å². The molecule has 22 heavy (non-hydrogen) atoms. The first kappa shape index (κ1) is 16.8. The first-order valence-corrected chi connectivity index (χ1v) is 8.25. The molecule has 1 saturated heterocycles. The van der Waals surface area contributed by atoms with Gasteiger partial charge < -0.3 is 15.4 Å². The van der Waals surface area contributed by atoms with Crippen molar-refractivity contribution < 1.29 is 9.53 Å². The minimum Gasteiger partial charge on any atom is -0.493 e. The third-order valence-electron chi connectivity index (χ3n) is 4.18. The second-order valence-corrected chi connectivity index (χ2v) is 6.75. The zero-order valence-corrected chi connectivity index (χ0v) is 13.9. The maximum atomic E-state index is 12.8. The number of hydrogen-bond acceptors (Lipinski definition) is 3. The van der Waals surface area contributed by atoms with Crippen molar-refractivity contribution in [3.63, 3.8) is 0 Å². The van der Waals surface area contributed by atoms with E-state index in [2.05, 4.69) is 20.8 Å². The molecule has 0 saturated carbocycles. The summed E-state index contributed by atoms with van der Waals surface area (Å²) in [5, 5.41) is 0. The molecule has 2 unspecified atom stereocenters. The molecule has 2 rings (SSSR count). The number of likely N-dealkylation sites (tertiary alicyclic amines) is 1. The van der Waals surface area contributed by atoms with Gasteiger partial charge in [0.2, 0.25) is 0 Å². The van der Waals surface area contributed by atoms with Gasteiger partial charge in [0.25, 0.3) is 5.91 Å². The fourth-order valence-corrected chi connectivity index (χ4v) is 2.89. The van der Waals surface area contributed by atoms with Gasteiger partial charge in [-0.05, 0) is 42.9 Å². The molecule has 4 heteroatoms. The molecule has 2 atom stereocenters. The van der Waals surface area contributed by atoms with Crippen LogP contribution in [-0.2, 0) is 0 Å². The molecule has 0 aliphatic carbocycles. The van der Waals surface area contributed by atoms with Gasteiger partial charge in [0.1, 0.15) is 5.75 Å². The third kappa shape index (κ3) is 4.23. The van der Waals surface area contributed by atoms with Crippen molar-refractivity contribution in [1.82, 2.24) is 4.90 Å². The van der Waals surface area contributed by atoms with E-state index in [1.165, 1.54) is 0 Å². The minimum atomic E-state index is 0.0670. The van der Waals surface area contributed by atoms with E-state index in [-0.39, 0.29) is 11.9 Å². The van der Waals surface area contributed by atoms with Crippen molar-refractivity contribution in [1.29, 1.82) is 0 Å². The number of hydrogen-bond donors (Lipinski definition) is 1. The molecule has 1 fully saturated rings. The Morgan fingerprint density at radius 2 is 2.23 bits per heavy atom. The molecule has 1 amide bonds. The van der Waals surface area contributed by atoms with Crippen LogP contribution >= 0.6 is 0 Å². The van der Waals surface area contributed by atoms with Gasteiger partial charge in [-0.1, -0.05) is 26.8 Å². The zero-order valence-electron chi connectivity index (χ0n) is 13.9. The lowest BCUT2D eigenvalue weighted by Crippen LogP contribution is -2.49. The summed E-state index contributed by atoms with van der Waals surface area (Å²) < 4.78 is 5.72. The summed E-state index contributed by atoms with van der Waals surface area (Å²) in [6.45, 7) is 8.42. The topological polar surface area (TPSA) is 55.6 Å². The molecule has 1 aliphatic heterocycles. The Kier molecular flexibility index (Phi) is 5.83. The van der Waals surface area contributed by atoms with Crippen LogP contribution in [0.4, 0.5) is 0 Å². The van der Waals surface area contributed by atoms with Gasteiger partial charge in [-0.15, -0.1) is 0 Å². The van der Waals surface area contributed by atoms with Crippen LogP contribution in [-0.4, -0.2) is 36.5 Å². The van der Waals surface area contributed by atoms with Crippen molar-refractivity contribution in [2.45, 2.75) is 39.7 Å². The van der Waals surface area contributed by atoms with Crippen molar-refractivity contribution >= 4 is 5.91 Å². The lowest BCUT2D eigenvalue weighted by molar-refractivity contribution is 0.0573. The van der Waals surface area contributed by atoms with Crippen molar-refractivity contribution in [3.05, 3.63) is 29.8 Å². The molecular formula is C18H28N2O2. The van der Waals surface area contributed by atoms with Crippen molar-refractivity contribution in [2.75, 3.05) is 19.7 Å². The molecule has 1 aromatic rings. The number of rotatable bonds is 5. The van der Waals surface area contributed by atoms with Gasteiger partial charge in [0, 0.05) is 24.7 Å². The number of carbonyl (C=O) groups excluding carboxylic acids is 1. The van der Waals surface area contributed by atoms with Crippen molar-refractivity contribution in [3.8, 4) is 5.75 Å². The second-order valence-electron chi connectivity index (χ2n) is 6.75. The quantitative estimate of drug-likeness (QED) is 0.910. The van der Waals surface area contributed by atoms with E-state index in [1.807, 2.05) is 29.2 Å². The Balaban J connectivity index is 2.09. The highest BCUT2D eigenvalue weighted by Gasteiger charge is 2.29. The summed E-state index contributed by atoms with van der Waals surface area (Å²) in [4.78, 5) is 14.7. The van der Waals surface area contributed by atoms with Gasteiger partial charge in [-0.2, -0.15) is 0 Å². The number of benzene rings is 1. The summed E-state index contributed by atoms with van der Waals surface area (Å²) >= 11 is 0. The van der Waals surface area contributed by atoms with Gasteiger partial charge in [0.15, 0.2) is 0 Å². The van der Waals surface area contributed by atoms with E-state index in [0.717, 1.165) is 25.1 Å². The molecular weight excluding hydrogens is 276 g/mol. The van der Waals surface area contributed by atoms with Crippen LogP contribution in [0.5, 0.6) is 5.75 Å². The SMILES string of the molecule is CC(C)COc1cccc(C(=O)N2CCC(C)CC2CN)c1. The largest absolute Gasteiger partial charge is 0.493 e. The Bertz CT molecular complexity index is 502. The standard InChI is InChI=1S/C18H28N2O2/c1-13(2)12-22-17-6-4-5-15(10-17)18(21)20-8-7-14(3)9-16(20)11-19/h4-6,10,13-14,16H,7-9,11-12,19H2,1-3H3. The first-order valence-electron chi connectivity index (χ1n) is 8.25.